The van der Waals surface area contributed by atoms with E-state index in [-0.39, 0.29) is 30.8 Å². The highest BCUT2D eigenvalue weighted by atomic mass is 32.2. The standard InChI is InChI=1S/C21H30F2N4O4S/c1-16-4-2-3-9-27(16)21(29)15-25-10-12-26(13-11-25)20(28)7-8-24-32(30,31)17-5-6-18(22)19(23)14-17/h5-6,14,16,24H,2-4,7-13,15H2,1H3. The van der Waals surface area contributed by atoms with Gasteiger partial charge < -0.3 is 9.80 Å². The van der Waals surface area contributed by atoms with Gasteiger partial charge in [0.2, 0.25) is 21.8 Å². The van der Waals surface area contributed by atoms with E-state index in [1.165, 1.54) is 0 Å². The Morgan fingerprint density at radius 1 is 1.03 bits per heavy atom. The number of piperidine rings is 1. The van der Waals surface area contributed by atoms with Crippen molar-refractivity contribution in [3.63, 3.8) is 0 Å². The zero-order chi connectivity index (χ0) is 23.3. The molecule has 1 unspecified atom stereocenters. The van der Waals surface area contributed by atoms with Gasteiger partial charge in [0.05, 0.1) is 11.4 Å². The van der Waals surface area contributed by atoms with Crippen molar-refractivity contribution in [2.24, 2.45) is 0 Å². The molecular formula is C21H30F2N4O4S. The van der Waals surface area contributed by atoms with E-state index in [9.17, 15) is 26.8 Å². The van der Waals surface area contributed by atoms with Crippen molar-refractivity contribution >= 4 is 21.8 Å². The summed E-state index contributed by atoms with van der Waals surface area (Å²) in [4.78, 5) is 30.2. The lowest BCUT2D eigenvalue weighted by Crippen LogP contribution is -2.53. The Morgan fingerprint density at radius 3 is 2.41 bits per heavy atom. The summed E-state index contributed by atoms with van der Waals surface area (Å²) in [6.07, 6.45) is 3.18. The summed E-state index contributed by atoms with van der Waals surface area (Å²) < 4.78 is 52.9. The van der Waals surface area contributed by atoms with Gasteiger partial charge in [-0.3, -0.25) is 14.5 Å². The smallest absolute Gasteiger partial charge is 0.240 e. The third-order valence-corrected chi connectivity index (χ3v) is 7.50. The predicted molar refractivity (Wildman–Crippen MR) is 114 cm³/mol. The fourth-order valence-corrected chi connectivity index (χ4v) is 5.13. The zero-order valence-electron chi connectivity index (χ0n) is 18.2. The van der Waals surface area contributed by atoms with Gasteiger partial charge in [0.25, 0.3) is 0 Å². The molecule has 1 aromatic carbocycles. The fraction of sp³-hybridized carbons (Fsp3) is 0.619. The van der Waals surface area contributed by atoms with Crippen molar-refractivity contribution in [1.82, 2.24) is 19.4 Å². The van der Waals surface area contributed by atoms with Crippen LogP contribution in [0.4, 0.5) is 8.78 Å². The minimum absolute atomic E-state index is 0.0485. The predicted octanol–water partition coefficient (Wildman–Crippen LogP) is 1.18. The maximum Gasteiger partial charge on any atom is 0.240 e. The number of hydrogen-bond donors (Lipinski definition) is 1. The SMILES string of the molecule is CC1CCCCN1C(=O)CN1CCN(C(=O)CCNS(=O)(=O)c2ccc(F)c(F)c2)CC1. The lowest BCUT2D eigenvalue weighted by atomic mass is 10.0. The highest BCUT2D eigenvalue weighted by Crippen LogP contribution is 2.17. The maximum absolute atomic E-state index is 13.3. The number of sulfonamides is 1. The minimum atomic E-state index is -4.04. The summed E-state index contributed by atoms with van der Waals surface area (Å²) in [6.45, 7) is 5.19. The maximum atomic E-state index is 13.3. The van der Waals surface area contributed by atoms with Crippen molar-refractivity contribution in [2.45, 2.75) is 43.5 Å². The second-order valence-electron chi connectivity index (χ2n) is 8.31. The molecule has 0 saturated carbocycles. The first kappa shape index (κ1) is 24.5. The van der Waals surface area contributed by atoms with E-state index >= 15 is 0 Å². The van der Waals surface area contributed by atoms with E-state index in [2.05, 4.69) is 11.6 Å². The molecule has 2 fully saturated rings. The average Bonchev–Trinajstić information content (AvgIpc) is 2.76. The molecule has 0 aromatic heterocycles. The van der Waals surface area contributed by atoms with Crippen LogP contribution in [0.15, 0.2) is 23.1 Å². The molecule has 1 atom stereocenters. The molecule has 2 amide bonds. The van der Waals surface area contributed by atoms with Gasteiger partial charge in [0, 0.05) is 51.7 Å². The molecule has 32 heavy (non-hydrogen) atoms. The Hall–Kier alpha value is -2.11. The van der Waals surface area contributed by atoms with Crippen molar-refractivity contribution < 1.29 is 26.8 Å². The number of hydrogen-bond acceptors (Lipinski definition) is 5. The number of benzene rings is 1. The van der Waals surface area contributed by atoms with Gasteiger partial charge in [0.1, 0.15) is 0 Å². The number of likely N-dealkylation sites (tertiary alicyclic amines) is 1. The van der Waals surface area contributed by atoms with Gasteiger partial charge in [-0.15, -0.1) is 0 Å². The molecule has 2 aliphatic rings. The molecule has 1 aromatic rings. The molecule has 0 aliphatic carbocycles. The molecule has 3 rings (SSSR count). The lowest BCUT2D eigenvalue weighted by molar-refractivity contribution is -0.137. The van der Waals surface area contributed by atoms with Gasteiger partial charge in [0.15, 0.2) is 11.6 Å². The second kappa shape index (κ2) is 10.7. The van der Waals surface area contributed by atoms with Crippen LogP contribution in [0.25, 0.3) is 0 Å². The van der Waals surface area contributed by atoms with Crippen molar-refractivity contribution in [1.29, 1.82) is 0 Å². The summed E-state index contributed by atoms with van der Waals surface area (Å²) in [5.41, 5.74) is 0. The molecule has 0 spiro atoms. The second-order valence-corrected chi connectivity index (χ2v) is 10.1. The monoisotopic (exact) mass is 472 g/mol. The van der Waals surface area contributed by atoms with Gasteiger partial charge in [-0.25, -0.2) is 21.9 Å². The summed E-state index contributed by atoms with van der Waals surface area (Å²) in [7, 11) is -4.04. The third-order valence-electron chi connectivity index (χ3n) is 6.04. The molecule has 8 nitrogen and oxygen atoms in total. The van der Waals surface area contributed by atoms with E-state index in [1.54, 1.807) is 4.90 Å². The van der Waals surface area contributed by atoms with Crippen molar-refractivity contribution in [3.8, 4) is 0 Å². The number of carbonyl (C=O) groups excluding carboxylic acids is 2. The van der Waals surface area contributed by atoms with Crippen LogP contribution in [0.1, 0.15) is 32.6 Å². The molecule has 2 saturated heterocycles. The number of nitrogens with zero attached hydrogens (tertiary/aromatic N) is 3. The Morgan fingerprint density at radius 2 is 1.75 bits per heavy atom. The zero-order valence-corrected chi connectivity index (χ0v) is 19.0. The summed E-state index contributed by atoms with van der Waals surface area (Å²) in [5, 5.41) is 0. The van der Waals surface area contributed by atoms with E-state index in [0.717, 1.165) is 37.9 Å². The minimum Gasteiger partial charge on any atom is -0.340 e. The topological polar surface area (TPSA) is 90.0 Å². The van der Waals surface area contributed by atoms with Crippen LogP contribution in [0.5, 0.6) is 0 Å². The quantitative estimate of drug-likeness (QED) is 0.644. The van der Waals surface area contributed by atoms with Crippen LogP contribution in [-0.2, 0) is 19.6 Å². The number of nitrogens with one attached hydrogen (secondary N) is 1. The molecule has 178 valence electrons. The Balaban J connectivity index is 1.40. The summed E-state index contributed by atoms with van der Waals surface area (Å²) >= 11 is 0. The van der Waals surface area contributed by atoms with Crippen LogP contribution in [0.3, 0.4) is 0 Å². The van der Waals surface area contributed by atoms with Gasteiger partial charge >= 0.3 is 0 Å². The lowest BCUT2D eigenvalue weighted by Gasteiger charge is -2.38. The van der Waals surface area contributed by atoms with Gasteiger partial charge in [-0.1, -0.05) is 0 Å². The number of carbonyl (C=O) groups is 2. The van der Waals surface area contributed by atoms with Crippen LogP contribution in [0.2, 0.25) is 0 Å². The average molecular weight is 473 g/mol. The summed E-state index contributed by atoms with van der Waals surface area (Å²) in [6, 6.07) is 2.58. The van der Waals surface area contributed by atoms with Gasteiger partial charge in [-0.05, 0) is 44.4 Å². The van der Waals surface area contributed by atoms with Crippen LogP contribution in [-0.4, -0.2) is 86.8 Å². The molecule has 2 heterocycles. The van der Waals surface area contributed by atoms with Crippen LogP contribution < -0.4 is 4.72 Å². The van der Waals surface area contributed by atoms with Crippen molar-refractivity contribution in [3.05, 3.63) is 29.8 Å². The van der Waals surface area contributed by atoms with E-state index in [1.807, 2.05) is 9.80 Å². The van der Waals surface area contributed by atoms with E-state index < -0.39 is 26.6 Å². The first-order valence-corrected chi connectivity index (χ1v) is 12.4. The Labute approximate surface area is 187 Å². The largest absolute Gasteiger partial charge is 0.340 e. The Bertz CT molecular complexity index is 936. The van der Waals surface area contributed by atoms with E-state index in [4.69, 9.17) is 0 Å². The first-order valence-electron chi connectivity index (χ1n) is 10.9. The molecular weight excluding hydrogens is 442 g/mol. The highest BCUT2D eigenvalue weighted by Gasteiger charge is 2.27. The molecule has 0 radical (unpaired) electrons. The first-order chi connectivity index (χ1) is 15.2. The third kappa shape index (κ3) is 6.23. The number of rotatable bonds is 7. The number of amides is 2. The van der Waals surface area contributed by atoms with E-state index in [0.29, 0.717) is 38.8 Å². The highest BCUT2D eigenvalue weighted by molar-refractivity contribution is 7.89. The Kier molecular flexibility index (Phi) is 8.18. The number of piperazine rings is 1. The van der Waals surface area contributed by atoms with Crippen LogP contribution >= 0.6 is 0 Å². The molecule has 0 bridgehead atoms. The molecule has 2 aliphatic heterocycles. The van der Waals surface area contributed by atoms with Crippen LogP contribution in [0, 0.1) is 11.6 Å². The number of halogens is 2. The normalized spacial score (nSPS) is 20.4. The molecule has 1 N–H and O–H groups in total. The van der Waals surface area contributed by atoms with Gasteiger partial charge in [-0.2, -0.15) is 0 Å². The summed E-state index contributed by atoms with van der Waals surface area (Å²) in [5.74, 6) is -2.46. The van der Waals surface area contributed by atoms with Crippen molar-refractivity contribution in [2.75, 3.05) is 45.8 Å². The molecule has 11 heteroatoms. The fourth-order valence-electron chi connectivity index (χ4n) is 4.08.